The van der Waals surface area contributed by atoms with E-state index >= 15 is 0 Å². The molecule has 0 spiro atoms. The molecule has 3 rings (SSSR count). The standard InChI is InChI=1S/C22H18O7/c1-26-17-8-9-18-16(11-21(24)29-19(18)12-17)13-28-20(23)10-5-14-3-6-15(7-4-14)22(25)27-2/h3-12H,13H2,1-2H3/b10-5+. The van der Waals surface area contributed by atoms with Crippen molar-refractivity contribution in [2.45, 2.75) is 6.61 Å². The Bertz CT molecular complexity index is 1120. The molecule has 0 saturated heterocycles. The summed E-state index contributed by atoms with van der Waals surface area (Å²) in [6.45, 7) is -0.0844. The number of hydrogen-bond donors (Lipinski definition) is 0. The minimum Gasteiger partial charge on any atom is -0.497 e. The molecule has 0 fully saturated rings. The normalized spacial score (nSPS) is 10.8. The fourth-order valence-corrected chi connectivity index (χ4v) is 2.67. The minimum atomic E-state index is -0.572. The predicted octanol–water partition coefficient (Wildman–Crippen LogP) is 3.34. The van der Waals surface area contributed by atoms with Crippen molar-refractivity contribution in [2.75, 3.05) is 14.2 Å². The maximum atomic E-state index is 12.0. The van der Waals surface area contributed by atoms with Gasteiger partial charge in [-0.3, -0.25) is 0 Å². The maximum absolute atomic E-state index is 12.0. The number of carbonyl (C=O) groups is 2. The van der Waals surface area contributed by atoms with E-state index in [1.54, 1.807) is 48.5 Å². The second-order valence-electron chi connectivity index (χ2n) is 6.01. The van der Waals surface area contributed by atoms with Gasteiger partial charge < -0.3 is 18.6 Å². The molecule has 1 heterocycles. The molecule has 0 aliphatic heterocycles. The van der Waals surface area contributed by atoms with Crippen molar-refractivity contribution in [3.63, 3.8) is 0 Å². The van der Waals surface area contributed by atoms with E-state index in [9.17, 15) is 14.4 Å². The number of fused-ring (bicyclic) bond motifs is 1. The van der Waals surface area contributed by atoms with Crippen molar-refractivity contribution in [1.82, 2.24) is 0 Å². The average molecular weight is 394 g/mol. The van der Waals surface area contributed by atoms with Gasteiger partial charge in [0, 0.05) is 29.2 Å². The summed E-state index contributed by atoms with van der Waals surface area (Å²) in [4.78, 5) is 35.2. The molecule has 29 heavy (non-hydrogen) atoms. The van der Waals surface area contributed by atoms with E-state index in [-0.39, 0.29) is 6.61 Å². The van der Waals surface area contributed by atoms with E-state index in [1.165, 1.54) is 26.4 Å². The lowest BCUT2D eigenvalue weighted by molar-refractivity contribution is -0.138. The van der Waals surface area contributed by atoms with Crippen LogP contribution in [0.5, 0.6) is 5.75 Å². The molecule has 7 nitrogen and oxygen atoms in total. The first-order chi connectivity index (χ1) is 14.0. The Morgan fingerprint density at radius 1 is 1.03 bits per heavy atom. The van der Waals surface area contributed by atoms with Crippen LogP contribution in [-0.2, 0) is 20.9 Å². The van der Waals surface area contributed by atoms with Crippen molar-refractivity contribution in [3.8, 4) is 5.75 Å². The number of hydrogen-bond acceptors (Lipinski definition) is 7. The summed E-state index contributed by atoms with van der Waals surface area (Å²) >= 11 is 0. The molecule has 1 aromatic heterocycles. The Kier molecular flexibility index (Phi) is 6.09. The van der Waals surface area contributed by atoms with Crippen molar-refractivity contribution in [2.24, 2.45) is 0 Å². The molecule has 0 aliphatic carbocycles. The van der Waals surface area contributed by atoms with E-state index in [2.05, 4.69) is 4.74 Å². The number of methoxy groups -OCH3 is 2. The first-order valence-electron chi connectivity index (χ1n) is 8.64. The number of carbonyl (C=O) groups excluding carboxylic acids is 2. The van der Waals surface area contributed by atoms with Gasteiger partial charge in [-0.15, -0.1) is 0 Å². The van der Waals surface area contributed by atoms with Crippen LogP contribution in [0.2, 0.25) is 0 Å². The lowest BCUT2D eigenvalue weighted by atomic mass is 10.1. The molecule has 0 aliphatic rings. The summed E-state index contributed by atoms with van der Waals surface area (Å²) in [6, 6.07) is 12.9. The lowest BCUT2D eigenvalue weighted by Gasteiger charge is -2.07. The monoisotopic (exact) mass is 394 g/mol. The number of benzene rings is 2. The smallest absolute Gasteiger partial charge is 0.337 e. The number of ether oxygens (including phenoxy) is 3. The Morgan fingerprint density at radius 3 is 2.48 bits per heavy atom. The van der Waals surface area contributed by atoms with Crippen molar-refractivity contribution < 1.29 is 28.2 Å². The Hall–Kier alpha value is -3.87. The topological polar surface area (TPSA) is 92.0 Å². The molecular weight excluding hydrogens is 376 g/mol. The van der Waals surface area contributed by atoms with Crippen LogP contribution >= 0.6 is 0 Å². The molecule has 0 radical (unpaired) electrons. The van der Waals surface area contributed by atoms with Gasteiger partial charge in [0.2, 0.25) is 0 Å². The molecule has 7 heteroatoms. The first-order valence-corrected chi connectivity index (χ1v) is 8.64. The van der Waals surface area contributed by atoms with Crippen LogP contribution in [0, 0.1) is 0 Å². The van der Waals surface area contributed by atoms with Crippen LogP contribution < -0.4 is 10.4 Å². The summed E-state index contributed by atoms with van der Waals surface area (Å²) in [7, 11) is 2.82. The Morgan fingerprint density at radius 2 is 1.79 bits per heavy atom. The predicted molar refractivity (Wildman–Crippen MR) is 106 cm³/mol. The zero-order chi connectivity index (χ0) is 20.8. The second kappa shape index (κ2) is 8.88. The second-order valence-corrected chi connectivity index (χ2v) is 6.01. The first kappa shape index (κ1) is 19.9. The molecule has 148 valence electrons. The van der Waals surface area contributed by atoms with Crippen molar-refractivity contribution in [1.29, 1.82) is 0 Å². The fraction of sp³-hybridized carbons (Fsp3) is 0.136. The highest BCUT2D eigenvalue weighted by Crippen LogP contribution is 2.23. The van der Waals surface area contributed by atoms with Gasteiger partial charge in [0.25, 0.3) is 0 Å². The molecule has 0 amide bonds. The van der Waals surface area contributed by atoms with Crippen molar-refractivity contribution >= 4 is 29.0 Å². The number of esters is 2. The minimum absolute atomic E-state index is 0.0844. The van der Waals surface area contributed by atoms with Gasteiger partial charge in [-0.25, -0.2) is 14.4 Å². The molecule has 0 saturated carbocycles. The van der Waals surface area contributed by atoms with Gasteiger partial charge >= 0.3 is 17.6 Å². The highest BCUT2D eigenvalue weighted by molar-refractivity contribution is 5.90. The zero-order valence-electron chi connectivity index (χ0n) is 15.8. The van der Waals surface area contributed by atoms with Crippen LogP contribution in [0.25, 0.3) is 17.0 Å². The third-order valence-electron chi connectivity index (χ3n) is 4.15. The van der Waals surface area contributed by atoms with Crippen LogP contribution in [0.3, 0.4) is 0 Å². The van der Waals surface area contributed by atoms with Gasteiger partial charge in [0.05, 0.1) is 19.8 Å². The molecule has 0 N–H and O–H groups in total. The molecule has 0 bridgehead atoms. The van der Waals surface area contributed by atoms with Gasteiger partial charge in [-0.2, -0.15) is 0 Å². The summed E-state index contributed by atoms with van der Waals surface area (Å²) in [5.41, 5.74) is 1.47. The SMILES string of the molecule is COC(=O)c1ccc(/C=C/C(=O)OCc2cc(=O)oc3cc(OC)ccc23)cc1. The Labute approximate surface area is 166 Å². The van der Waals surface area contributed by atoms with Gasteiger partial charge in [0.1, 0.15) is 17.9 Å². The van der Waals surface area contributed by atoms with Crippen LogP contribution in [0.4, 0.5) is 0 Å². The quantitative estimate of drug-likeness (QED) is 0.360. The third-order valence-corrected chi connectivity index (χ3v) is 4.15. The highest BCUT2D eigenvalue weighted by atomic mass is 16.5. The molecule has 0 atom stereocenters. The average Bonchev–Trinajstić information content (AvgIpc) is 2.75. The van der Waals surface area contributed by atoms with Crippen LogP contribution in [-0.4, -0.2) is 26.2 Å². The summed E-state index contributed by atoms with van der Waals surface area (Å²) in [5.74, 6) is -0.454. The van der Waals surface area contributed by atoms with E-state index in [4.69, 9.17) is 13.9 Å². The van der Waals surface area contributed by atoms with Gasteiger partial charge in [0.15, 0.2) is 0 Å². The summed E-state index contributed by atoms with van der Waals surface area (Å²) in [6.07, 6.45) is 2.83. The highest BCUT2D eigenvalue weighted by Gasteiger charge is 2.09. The van der Waals surface area contributed by atoms with Crippen LogP contribution in [0.1, 0.15) is 21.5 Å². The van der Waals surface area contributed by atoms with Crippen LogP contribution in [0.15, 0.2) is 63.8 Å². The Balaban J connectivity index is 1.68. The fourth-order valence-electron chi connectivity index (χ4n) is 2.67. The summed E-state index contributed by atoms with van der Waals surface area (Å²) in [5, 5.41) is 0.653. The molecule has 2 aromatic carbocycles. The molecule has 3 aromatic rings. The molecule has 0 unspecified atom stereocenters. The lowest BCUT2D eigenvalue weighted by Crippen LogP contribution is -2.05. The van der Waals surface area contributed by atoms with E-state index in [0.29, 0.717) is 33.4 Å². The molecular formula is C22H18O7. The maximum Gasteiger partial charge on any atom is 0.337 e. The number of rotatable bonds is 6. The van der Waals surface area contributed by atoms with E-state index < -0.39 is 17.6 Å². The zero-order valence-corrected chi connectivity index (χ0v) is 15.8. The van der Waals surface area contributed by atoms with Gasteiger partial charge in [-0.1, -0.05) is 12.1 Å². The summed E-state index contributed by atoms with van der Waals surface area (Å²) < 4.78 is 20.2. The van der Waals surface area contributed by atoms with Crippen molar-refractivity contribution in [3.05, 3.63) is 81.7 Å². The van der Waals surface area contributed by atoms with E-state index in [0.717, 1.165) is 0 Å². The largest absolute Gasteiger partial charge is 0.497 e. The van der Waals surface area contributed by atoms with E-state index in [1.807, 2.05) is 0 Å². The van der Waals surface area contributed by atoms with Gasteiger partial charge in [-0.05, 0) is 35.9 Å². The third kappa shape index (κ3) is 4.90.